The summed E-state index contributed by atoms with van der Waals surface area (Å²) in [6, 6.07) is 7.49. The molecule has 0 bridgehead atoms. The minimum atomic E-state index is -0.424. The Bertz CT molecular complexity index is 553. The van der Waals surface area contributed by atoms with Gasteiger partial charge in [0, 0.05) is 0 Å². The van der Waals surface area contributed by atoms with E-state index in [1.807, 2.05) is 28.9 Å². The first-order chi connectivity index (χ1) is 6.77. The second kappa shape index (κ2) is 2.48. The van der Waals surface area contributed by atoms with Crippen molar-refractivity contribution in [1.82, 2.24) is 9.36 Å². The molecule has 1 atom stereocenters. The van der Waals surface area contributed by atoms with Crippen molar-refractivity contribution in [3.8, 4) is 0 Å². The summed E-state index contributed by atoms with van der Waals surface area (Å²) in [7, 11) is 0. The SMILES string of the molecule is O=c1c2ccccc2n2n1CC(O)C2. The molecular weight excluding hydrogens is 180 g/mol. The van der Waals surface area contributed by atoms with Crippen LogP contribution >= 0.6 is 0 Å². The predicted molar refractivity (Wildman–Crippen MR) is 52.2 cm³/mol. The maximum absolute atomic E-state index is 11.8. The molecule has 1 aliphatic rings. The first-order valence-electron chi connectivity index (χ1n) is 4.64. The Labute approximate surface area is 80.0 Å². The van der Waals surface area contributed by atoms with Crippen molar-refractivity contribution >= 4 is 10.9 Å². The molecule has 1 aromatic carbocycles. The molecule has 72 valence electrons. The fourth-order valence-corrected chi connectivity index (χ4v) is 2.09. The number of hydrogen-bond acceptors (Lipinski definition) is 2. The molecule has 3 rings (SSSR count). The molecule has 0 aliphatic carbocycles. The highest BCUT2D eigenvalue weighted by Crippen LogP contribution is 2.15. The van der Waals surface area contributed by atoms with Crippen molar-refractivity contribution in [3.63, 3.8) is 0 Å². The van der Waals surface area contributed by atoms with Gasteiger partial charge in [0.2, 0.25) is 0 Å². The molecule has 1 N–H and O–H groups in total. The lowest BCUT2D eigenvalue weighted by molar-refractivity contribution is 0.170. The van der Waals surface area contributed by atoms with Gasteiger partial charge in [-0.3, -0.25) is 9.48 Å². The summed E-state index contributed by atoms with van der Waals surface area (Å²) in [5.74, 6) is 0. The zero-order valence-corrected chi connectivity index (χ0v) is 7.55. The van der Waals surface area contributed by atoms with Crippen molar-refractivity contribution in [1.29, 1.82) is 0 Å². The minimum Gasteiger partial charge on any atom is -0.389 e. The van der Waals surface area contributed by atoms with Gasteiger partial charge in [0.05, 0.1) is 30.1 Å². The zero-order chi connectivity index (χ0) is 9.71. The normalized spacial score (nSPS) is 20.2. The van der Waals surface area contributed by atoms with E-state index in [0.717, 1.165) is 10.9 Å². The van der Waals surface area contributed by atoms with Gasteiger partial charge >= 0.3 is 0 Å². The number of aliphatic hydroxyl groups is 1. The lowest BCUT2D eigenvalue weighted by Gasteiger charge is -1.98. The van der Waals surface area contributed by atoms with Gasteiger partial charge in [-0.2, -0.15) is 0 Å². The first kappa shape index (κ1) is 7.82. The van der Waals surface area contributed by atoms with Gasteiger partial charge in [0.25, 0.3) is 5.56 Å². The highest BCUT2D eigenvalue weighted by Gasteiger charge is 2.22. The smallest absolute Gasteiger partial charge is 0.274 e. The molecule has 14 heavy (non-hydrogen) atoms. The van der Waals surface area contributed by atoms with Crippen LogP contribution in [0.2, 0.25) is 0 Å². The average molecular weight is 190 g/mol. The predicted octanol–water partition coefficient (Wildman–Crippen LogP) is 0.177. The third-order valence-corrected chi connectivity index (χ3v) is 2.71. The quantitative estimate of drug-likeness (QED) is 0.644. The fraction of sp³-hybridized carbons (Fsp3) is 0.300. The largest absolute Gasteiger partial charge is 0.389 e. The Morgan fingerprint density at radius 3 is 2.79 bits per heavy atom. The van der Waals surface area contributed by atoms with Gasteiger partial charge in [-0.15, -0.1) is 0 Å². The number of nitrogens with zero attached hydrogens (tertiary/aromatic N) is 2. The van der Waals surface area contributed by atoms with Crippen molar-refractivity contribution in [2.75, 3.05) is 0 Å². The van der Waals surface area contributed by atoms with Crippen LogP contribution in [0.3, 0.4) is 0 Å². The molecule has 0 saturated heterocycles. The van der Waals surface area contributed by atoms with Crippen molar-refractivity contribution in [3.05, 3.63) is 34.6 Å². The molecule has 4 heteroatoms. The Hall–Kier alpha value is -1.55. The maximum atomic E-state index is 11.8. The summed E-state index contributed by atoms with van der Waals surface area (Å²) in [6.45, 7) is 0.927. The van der Waals surface area contributed by atoms with E-state index in [1.54, 1.807) is 4.68 Å². The van der Waals surface area contributed by atoms with Gasteiger partial charge in [-0.25, -0.2) is 4.68 Å². The molecule has 1 aliphatic heterocycles. The molecule has 1 aromatic heterocycles. The van der Waals surface area contributed by atoms with Crippen LogP contribution in [0.1, 0.15) is 0 Å². The number of fused-ring (bicyclic) bond motifs is 3. The zero-order valence-electron chi connectivity index (χ0n) is 7.55. The third-order valence-electron chi connectivity index (χ3n) is 2.71. The van der Waals surface area contributed by atoms with Crippen LogP contribution in [0, 0.1) is 0 Å². The summed E-state index contributed by atoms with van der Waals surface area (Å²) in [5, 5.41) is 10.2. The van der Waals surface area contributed by atoms with Crippen LogP contribution < -0.4 is 5.56 Å². The van der Waals surface area contributed by atoms with E-state index in [9.17, 15) is 9.90 Å². The van der Waals surface area contributed by atoms with E-state index in [2.05, 4.69) is 0 Å². The van der Waals surface area contributed by atoms with Crippen molar-refractivity contribution < 1.29 is 5.11 Å². The summed E-state index contributed by atoms with van der Waals surface area (Å²) >= 11 is 0. The maximum Gasteiger partial charge on any atom is 0.274 e. The van der Waals surface area contributed by atoms with Crippen molar-refractivity contribution in [2.45, 2.75) is 19.2 Å². The summed E-state index contributed by atoms with van der Waals surface area (Å²) in [5.41, 5.74) is 0.909. The summed E-state index contributed by atoms with van der Waals surface area (Å²) in [4.78, 5) is 11.8. The van der Waals surface area contributed by atoms with Gasteiger partial charge in [-0.1, -0.05) is 12.1 Å². The number of aromatic nitrogens is 2. The van der Waals surface area contributed by atoms with Crippen LogP contribution in [0.4, 0.5) is 0 Å². The number of benzene rings is 1. The molecule has 1 unspecified atom stereocenters. The molecule has 2 heterocycles. The molecule has 2 aromatic rings. The van der Waals surface area contributed by atoms with Crippen LogP contribution in [0.15, 0.2) is 29.1 Å². The second-order valence-corrected chi connectivity index (χ2v) is 3.64. The van der Waals surface area contributed by atoms with Gasteiger partial charge in [-0.05, 0) is 12.1 Å². The molecular formula is C10H10N2O2. The first-order valence-corrected chi connectivity index (χ1v) is 4.64. The average Bonchev–Trinajstić information content (AvgIpc) is 2.68. The standard InChI is InChI=1S/C10H10N2O2/c13-7-5-11-9-4-2-1-3-8(9)10(14)12(11)6-7/h1-4,7,13H,5-6H2. The molecule has 0 fully saturated rings. The minimum absolute atomic E-state index is 0.00264. The summed E-state index contributed by atoms with van der Waals surface area (Å²) < 4.78 is 3.46. The number of rotatable bonds is 0. The number of para-hydroxylation sites is 1. The molecule has 0 spiro atoms. The number of aliphatic hydroxyl groups excluding tert-OH is 1. The fourth-order valence-electron chi connectivity index (χ4n) is 2.09. The Morgan fingerprint density at radius 2 is 1.93 bits per heavy atom. The lowest BCUT2D eigenvalue weighted by atomic mass is 10.2. The second-order valence-electron chi connectivity index (χ2n) is 3.64. The van der Waals surface area contributed by atoms with E-state index >= 15 is 0 Å². The van der Waals surface area contributed by atoms with Crippen LogP contribution in [-0.2, 0) is 13.1 Å². The van der Waals surface area contributed by atoms with Crippen molar-refractivity contribution in [2.24, 2.45) is 0 Å². The van der Waals surface area contributed by atoms with E-state index in [-0.39, 0.29) is 5.56 Å². The lowest BCUT2D eigenvalue weighted by Crippen LogP contribution is -2.18. The van der Waals surface area contributed by atoms with Crippen LogP contribution in [0.25, 0.3) is 10.9 Å². The molecule has 4 nitrogen and oxygen atoms in total. The highest BCUT2D eigenvalue weighted by atomic mass is 16.3. The Kier molecular flexibility index (Phi) is 1.39. The van der Waals surface area contributed by atoms with Crippen LogP contribution in [-0.4, -0.2) is 20.6 Å². The van der Waals surface area contributed by atoms with E-state index in [1.165, 1.54) is 0 Å². The molecule has 0 saturated carbocycles. The van der Waals surface area contributed by atoms with Gasteiger partial charge in [0.15, 0.2) is 0 Å². The number of hydrogen-bond donors (Lipinski definition) is 1. The monoisotopic (exact) mass is 190 g/mol. The van der Waals surface area contributed by atoms with Crippen LogP contribution in [0.5, 0.6) is 0 Å². The Morgan fingerprint density at radius 1 is 1.21 bits per heavy atom. The topological polar surface area (TPSA) is 47.2 Å². The van der Waals surface area contributed by atoms with Gasteiger partial charge in [0.1, 0.15) is 0 Å². The van der Waals surface area contributed by atoms with E-state index in [4.69, 9.17) is 0 Å². The van der Waals surface area contributed by atoms with E-state index < -0.39 is 6.10 Å². The molecule has 0 amide bonds. The van der Waals surface area contributed by atoms with E-state index in [0.29, 0.717) is 13.1 Å². The van der Waals surface area contributed by atoms with Gasteiger partial charge < -0.3 is 5.11 Å². The Balaban J connectivity index is 2.44. The summed E-state index contributed by atoms with van der Waals surface area (Å²) in [6.07, 6.45) is -0.424. The highest BCUT2D eigenvalue weighted by molar-refractivity contribution is 5.78. The third kappa shape index (κ3) is 0.834. The molecule has 0 radical (unpaired) electrons.